The highest BCUT2D eigenvalue weighted by Gasteiger charge is 2.33. The topological polar surface area (TPSA) is 116 Å². The van der Waals surface area contributed by atoms with Gasteiger partial charge in [0.15, 0.2) is 0 Å². The fraction of sp³-hybridized carbons (Fsp3) is 0.304. The minimum absolute atomic E-state index is 0.0759. The molecule has 34 heavy (non-hydrogen) atoms. The first-order valence-corrected chi connectivity index (χ1v) is 12.8. The molecule has 1 aliphatic rings. The van der Waals surface area contributed by atoms with Gasteiger partial charge in [-0.1, -0.05) is 10.6 Å². The molecule has 0 N–H and O–H groups in total. The Hall–Kier alpha value is -3.33. The molecular weight excluding hydrogens is 474 g/mol. The van der Waals surface area contributed by atoms with Gasteiger partial charge in [0, 0.05) is 26.2 Å². The summed E-state index contributed by atoms with van der Waals surface area (Å²) in [5.41, 5.74) is 2.75. The first-order chi connectivity index (χ1) is 16.2. The van der Waals surface area contributed by atoms with E-state index in [4.69, 9.17) is 4.74 Å². The second kappa shape index (κ2) is 9.50. The minimum atomic E-state index is -3.98. The summed E-state index contributed by atoms with van der Waals surface area (Å²) in [6.45, 7) is 6.30. The van der Waals surface area contributed by atoms with Gasteiger partial charge >= 0.3 is 0 Å². The lowest BCUT2D eigenvalue weighted by Gasteiger charge is -2.34. The number of ether oxygens (including phenoxy) is 1. The number of rotatable bonds is 5. The van der Waals surface area contributed by atoms with E-state index < -0.39 is 10.0 Å². The number of aromatic nitrogens is 2. The largest absolute Gasteiger partial charge is 0.456 e. The summed E-state index contributed by atoms with van der Waals surface area (Å²) >= 11 is 1.03. The maximum Gasteiger partial charge on any atom is 0.267 e. The molecule has 0 spiro atoms. The van der Waals surface area contributed by atoms with E-state index in [0.29, 0.717) is 16.3 Å². The van der Waals surface area contributed by atoms with Gasteiger partial charge in [-0.2, -0.15) is 9.57 Å². The van der Waals surface area contributed by atoms with Crippen molar-refractivity contribution >= 4 is 27.5 Å². The van der Waals surface area contributed by atoms with Crippen molar-refractivity contribution in [3.8, 4) is 17.6 Å². The highest BCUT2D eigenvalue weighted by atomic mass is 32.2. The van der Waals surface area contributed by atoms with Crippen molar-refractivity contribution in [1.82, 2.24) is 18.8 Å². The lowest BCUT2D eigenvalue weighted by Crippen LogP contribution is -2.50. The van der Waals surface area contributed by atoms with E-state index >= 15 is 0 Å². The van der Waals surface area contributed by atoms with Crippen LogP contribution >= 0.6 is 11.5 Å². The SMILES string of the molecule is Cc1cc(C)cc(Oc2ccc(C#N)cc2S(=O)(=O)N2CCN(C(=O)c3snnc3C)CC2)c1. The number of carbonyl (C=O) groups is 1. The Bertz CT molecular complexity index is 1370. The summed E-state index contributed by atoms with van der Waals surface area (Å²) in [6.07, 6.45) is 0. The Morgan fingerprint density at radius 1 is 1.06 bits per heavy atom. The van der Waals surface area contributed by atoms with Crippen LogP contribution < -0.4 is 4.74 Å². The van der Waals surface area contributed by atoms with Crippen LogP contribution in [0.5, 0.6) is 11.5 Å². The Balaban J connectivity index is 1.59. The molecule has 2 heterocycles. The minimum Gasteiger partial charge on any atom is -0.456 e. The Kier molecular flexibility index (Phi) is 6.65. The fourth-order valence-corrected chi connectivity index (χ4v) is 6.01. The number of nitriles is 1. The summed E-state index contributed by atoms with van der Waals surface area (Å²) in [6, 6.07) is 12.0. The molecule has 0 radical (unpaired) electrons. The predicted octanol–water partition coefficient (Wildman–Crippen LogP) is 3.27. The molecule has 0 saturated carbocycles. The van der Waals surface area contributed by atoms with Crippen LogP contribution in [0.2, 0.25) is 0 Å². The normalized spacial score (nSPS) is 14.6. The van der Waals surface area contributed by atoms with Crippen LogP contribution in [0.25, 0.3) is 0 Å². The van der Waals surface area contributed by atoms with Gasteiger partial charge in [0.1, 0.15) is 21.3 Å². The molecule has 176 valence electrons. The average Bonchev–Trinajstić information content (AvgIpc) is 3.24. The molecule has 4 rings (SSSR count). The van der Waals surface area contributed by atoms with Crippen LogP contribution in [-0.2, 0) is 10.0 Å². The maximum atomic E-state index is 13.6. The smallest absolute Gasteiger partial charge is 0.267 e. The number of aryl methyl sites for hydroxylation is 3. The van der Waals surface area contributed by atoms with Gasteiger partial charge in [-0.15, -0.1) is 5.10 Å². The zero-order valence-corrected chi connectivity index (χ0v) is 20.6. The lowest BCUT2D eigenvalue weighted by atomic mass is 10.1. The van der Waals surface area contributed by atoms with Crippen molar-refractivity contribution in [2.45, 2.75) is 25.7 Å². The van der Waals surface area contributed by atoms with Crippen molar-refractivity contribution in [3.05, 3.63) is 63.7 Å². The number of amides is 1. The predicted molar refractivity (Wildman–Crippen MR) is 126 cm³/mol. The van der Waals surface area contributed by atoms with Gasteiger partial charge < -0.3 is 9.64 Å². The monoisotopic (exact) mass is 497 g/mol. The highest BCUT2D eigenvalue weighted by Crippen LogP contribution is 2.33. The molecule has 0 unspecified atom stereocenters. The Morgan fingerprint density at radius 2 is 1.74 bits per heavy atom. The van der Waals surface area contributed by atoms with Crippen LogP contribution in [0.3, 0.4) is 0 Å². The van der Waals surface area contributed by atoms with Gasteiger partial charge in [-0.05, 0) is 73.8 Å². The van der Waals surface area contributed by atoms with Gasteiger partial charge in [0.2, 0.25) is 10.0 Å². The quantitative estimate of drug-likeness (QED) is 0.531. The zero-order valence-electron chi connectivity index (χ0n) is 19.0. The van der Waals surface area contributed by atoms with Crippen molar-refractivity contribution in [2.24, 2.45) is 0 Å². The van der Waals surface area contributed by atoms with Gasteiger partial charge in [-0.25, -0.2) is 8.42 Å². The van der Waals surface area contributed by atoms with Crippen LogP contribution in [0, 0.1) is 32.1 Å². The Labute approximate surface area is 202 Å². The van der Waals surface area contributed by atoms with Crippen LogP contribution in [0.15, 0.2) is 41.3 Å². The van der Waals surface area contributed by atoms with Crippen LogP contribution in [0.1, 0.15) is 32.1 Å². The van der Waals surface area contributed by atoms with E-state index in [-0.39, 0.29) is 48.3 Å². The summed E-state index contributed by atoms with van der Waals surface area (Å²) in [7, 11) is -3.98. The number of sulfonamides is 1. The van der Waals surface area contributed by atoms with Crippen molar-refractivity contribution in [1.29, 1.82) is 5.26 Å². The summed E-state index contributed by atoms with van der Waals surface area (Å²) in [5, 5.41) is 13.2. The molecule has 2 aromatic carbocycles. The van der Waals surface area contributed by atoms with E-state index in [2.05, 4.69) is 9.59 Å². The third-order valence-electron chi connectivity index (χ3n) is 5.49. The molecule has 1 aromatic heterocycles. The number of nitrogens with zero attached hydrogens (tertiary/aromatic N) is 5. The standard InChI is InChI=1S/C23H23N5O4S2/c1-15-10-16(2)12-19(11-15)32-20-5-4-18(14-24)13-21(20)34(30,31)28-8-6-27(7-9-28)23(29)22-17(3)25-26-33-22/h4-5,10-13H,6-9H2,1-3H3. The number of hydrogen-bond donors (Lipinski definition) is 0. The van der Waals surface area contributed by atoms with E-state index in [1.165, 1.54) is 22.5 Å². The van der Waals surface area contributed by atoms with Crippen molar-refractivity contribution in [3.63, 3.8) is 0 Å². The van der Waals surface area contributed by atoms with Crippen molar-refractivity contribution in [2.75, 3.05) is 26.2 Å². The molecule has 1 saturated heterocycles. The number of piperazine rings is 1. The molecule has 11 heteroatoms. The molecule has 1 amide bonds. The Morgan fingerprint density at radius 3 is 2.32 bits per heavy atom. The number of hydrogen-bond acceptors (Lipinski definition) is 8. The van der Waals surface area contributed by atoms with Crippen LogP contribution in [-0.4, -0.2) is 59.3 Å². The molecule has 0 aliphatic carbocycles. The summed E-state index contributed by atoms with van der Waals surface area (Å²) in [5.74, 6) is 0.464. The summed E-state index contributed by atoms with van der Waals surface area (Å²) < 4.78 is 38.2. The zero-order chi connectivity index (χ0) is 24.5. The first kappa shape index (κ1) is 23.8. The molecular formula is C23H23N5O4S2. The van der Waals surface area contributed by atoms with Gasteiger partial charge in [0.25, 0.3) is 5.91 Å². The van der Waals surface area contributed by atoms with E-state index in [1.54, 1.807) is 11.8 Å². The van der Waals surface area contributed by atoms with Crippen molar-refractivity contribution < 1.29 is 17.9 Å². The van der Waals surface area contributed by atoms with Gasteiger partial charge in [-0.3, -0.25) is 4.79 Å². The second-order valence-corrected chi connectivity index (χ2v) is 10.7. The fourth-order valence-electron chi connectivity index (χ4n) is 3.82. The molecule has 1 fully saturated rings. The third-order valence-corrected chi connectivity index (χ3v) is 8.22. The molecule has 9 nitrogen and oxygen atoms in total. The average molecular weight is 498 g/mol. The molecule has 0 atom stereocenters. The molecule has 3 aromatic rings. The molecule has 1 aliphatic heterocycles. The van der Waals surface area contributed by atoms with Gasteiger partial charge in [0.05, 0.1) is 17.3 Å². The number of benzene rings is 2. The number of carbonyl (C=O) groups excluding carboxylic acids is 1. The first-order valence-electron chi connectivity index (χ1n) is 10.6. The van der Waals surface area contributed by atoms with E-state index in [0.717, 1.165) is 22.7 Å². The van der Waals surface area contributed by atoms with E-state index in [9.17, 15) is 18.5 Å². The lowest BCUT2D eigenvalue weighted by molar-refractivity contribution is 0.0701. The maximum absolute atomic E-state index is 13.6. The third kappa shape index (κ3) is 4.79. The highest BCUT2D eigenvalue weighted by molar-refractivity contribution is 7.89. The second-order valence-electron chi connectivity index (χ2n) is 8.08. The summed E-state index contributed by atoms with van der Waals surface area (Å²) in [4.78, 5) is 14.7. The van der Waals surface area contributed by atoms with E-state index in [1.807, 2.05) is 38.1 Å². The van der Waals surface area contributed by atoms with Crippen LogP contribution in [0.4, 0.5) is 0 Å². The molecule has 0 bridgehead atoms.